The average Bonchev–Trinajstić information content (AvgIpc) is 3.18. The van der Waals surface area contributed by atoms with Gasteiger partial charge in [-0.15, -0.1) is 0 Å². The van der Waals surface area contributed by atoms with Crippen LogP contribution < -0.4 is 10.1 Å². The summed E-state index contributed by atoms with van der Waals surface area (Å²) in [5.41, 5.74) is 0.830. The Balaban J connectivity index is 1.60. The minimum atomic E-state index is -0.500. The fraction of sp³-hybridized carbons (Fsp3) is 0.478. The van der Waals surface area contributed by atoms with E-state index < -0.39 is 5.60 Å². The van der Waals surface area contributed by atoms with Crippen LogP contribution >= 0.6 is 0 Å². The highest BCUT2D eigenvalue weighted by molar-refractivity contribution is 6.03. The predicted molar refractivity (Wildman–Crippen MR) is 116 cm³/mol. The number of nitrogens with zero attached hydrogens (tertiary/aromatic N) is 2. The van der Waals surface area contributed by atoms with E-state index in [1.165, 1.54) is 0 Å². The Bertz CT molecular complexity index is 859. The highest BCUT2D eigenvalue weighted by atomic mass is 16.6. The summed E-state index contributed by atoms with van der Waals surface area (Å²) in [5.74, 6) is 0.620. The van der Waals surface area contributed by atoms with Gasteiger partial charge in [0, 0.05) is 31.0 Å². The van der Waals surface area contributed by atoms with E-state index in [9.17, 15) is 9.59 Å². The smallest absolute Gasteiger partial charge is 0.410 e. The summed E-state index contributed by atoms with van der Waals surface area (Å²) in [7, 11) is 0. The number of nitrogens with one attached hydrogen (secondary N) is 1. The molecule has 1 saturated heterocycles. The number of aromatic nitrogens is 1. The summed E-state index contributed by atoms with van der Waals surface area (Å²) in [5, 5.41) is 2.95. The van der Waals surface area contributed by atoms with Crippen LogP contribution in [-0.4, -0.2) is 46.8 Å². The number of carbonyl (C=O) groups is 2. The monoisotopic (exact) mass is 413 g/mol. The Labute approximate surface area is 178 Å². The zero-order valence-corrected chi connectivity index (χ0v) is 18.2. The highest BCUT2D eigenvalue weighted by Crippen LogP contribution is 2.26. The van der Waals surface area contributed by atoms with Gasteiger partial charge < -0.3 is 24.3 Å². The number of carbonyl (C=O) groups excluding carboxylic acids is 2. The lowest BCUT2D eigenvalue weighted by atomic mass is 10.0. The Morgan fingerprint density at radius 2 is 1.77 bits per heavy atom. The molecule has 1 N–H and O–H groups in total. The number of rotatable bonds is 5. The summed E-state index contributed by atoms with van der Waals surface area (Å²) in [6, 6.07) is 11.2. The van der Waals surface area contributed by atoms with Gasteiger partial charge in [0.25, 0.3) is 5.91 Å². The lowest BCUT2D eigenvalue weighted by Crippen LogP contribution is -2.42. The first-order valence-corrected chi connectivity index (χ1v) is 10.5. The normalized spacial score (nSPS) is 15.0. The third kappa shape index (κ3) is 5.55. The van der Waals surface area contributed by atoms with Crippen molar-refractivity contribution in [2.24, 2.45) is 0 Å². The highest BCUT2D eigenvalue weighted by Gasteiger charge is 2.28. The minimum Gasteiger partial charge on any atom is -0.494 e. The van der Waals surface area contributed by atoms with Crippen LogP contribution in [0.5, 0.6) is 5.75 Å². The maximum absolute atomic E-state index is 12.8. The molecule has 0 bridgehead atoms. The topological polar surface area (TPSA) is 72.8 Å². The van der Waals surface area contributed by atoms with Crippen molar-refractivity contribution in [1.29, 1.82) is 0 Å². The van der Waals surface area contributed by atoms with Crippen molar-refractivity contribution in [3.05, 3.63) is 48.3 Å². The molecule has 3 rings (SSSR count). The summed E-state index contributed by atoms with van der Waals surface area (Å²) < 4.78 is 12.9. The quantitative estimate of drug-likeness (QED) is 0.770. The van der Waals surface area contributed by atoms with Crippen LogP contribution in [0, 0.1) is 0 Å². The standard InChI is InChI=1S/C23H31N3O4/c1-5-29-19-10-8-17(9-11-19)24-21(27)20-7-6-14-26(20)18-12-15-25(16-13-18)22(28)30-23(2,3)4/h6-11,14,18H,5,12-13,15-16H2,1-4H3,(H,24,27). The van der Waals surface area contributed by atoms with Crippen LogP contribution in [-0.2, 0) is 4.74 Å². The number of hydrogen-bond acceptors (Lipinski definition) is 4. The van der Waals surface area contributed by atoms with Gasteiger partial charge in [-0.1, -0.05) is 0 Å². The van der Waals surface area contributed by atoms with E-state index in [2.05, 4.69) is 5.32 Å². The molecule has 0 spiro atoms. The third-order valence-electron chi connectivity index (χ3n) is 4.94. The second kappa shape index (κ2) is 9.24. The zero-order chi connectivity index (χ0) is 21.7. The maximum Gasteiger partial charge on any atom is 0.410 e. The van der Waals surface area contributed by atoms with Crippen LogP contribution in [0.15, 0.2) is 42.6 Å². The van der Waals surface area contributed by atoms with Crippen LogP contribution in [0.1, 0.15) is 57.1 Å². The molecule has 1 aliphatic rings. The molecule has 2 heterocycles. The van der Waals surface area contributed by atoms with Gasteiger partial charge >= 0.3 is 6.09 Å². The number of hydrogen-bond donors (Lipinski definition) is 1. The van der Waals surface area contributed by atoms with Crippen LogP contribution in [0.3, 0.4) is 0 Å². The Hall–Kier alpha value is -2.96. The van der Waals surface area contributed by atoms with E-state index in [0.29, 0.717) is 25.4 Å². The van der Waals surface area contributed by atoms with Crippen molar-refractivity contribution in [2.45, 2.75) is 52.2 Å². The van der Waals surface area contributed by atoms with Crippen LogP contribution in [0.25, 0.3) is 0 Å². The molecule has 1 aromatic heterocycles. The molecule has 1 fully saturated rings. The van der Waals surface area contributed by atoms with Gasteiger partial charge in [-0.05, 0) is 76.9 Å². The molecule has 30 heavy (non-hydrogen) atoms. The van der Waals surface area contributed by atoms with Gasteiger partial charge in [-0.3, -0.25) is 4.79 Å². The number of likely N-dealkylation sites (tertiary alicyclic amines) is 1. The Morgan fingerprint density at radius 1 is 1.10 bits per heavy atom. The van der Waals surface area contributed by atoms with Gasteiger partial charge in [-0.25, -0.2) is 4.79 Å². The first kappa shape index (κ1) is 21.7. The van der Waals surface area contributed by atoms with Crippen molar-refractivity contribution >= 4 is 17.7 Å². The fourth-order valence-corrected chi connectivity index (χ4v) is 3.55. The number of anilines is 1. The second-order valence-corrected chi connectivity index (χ2v) is 8.41. The van der Waals surface area contributed by atoms with Crippen molar-refractivity contribution < 1.29 is 19.1 Å². The molecule has 7 nitrogen and oxygen atoms in total. The summed E-state index contributed by atoms with van der Waals surface area (Å²) in [6.45, 7) is 9.36. The molecule has 0 unspecified atom stereocenters. The second-order valence-electron chi connectivity index (χ2n) is 8.41. The van der Waals surface area contributed by atoms with E-state index in [4.69, 9.17) is 9.47 Å². The Kier molecular flexibility index (Phi) is 6.70. The van der Waals surface area contributed by atoms with Gasteiger partial charge in [0.15, 0.2) is 0 Å². The van der Waals surface area contributed by atoms with E-state index in [0.717, 1.165) is 24.3 Å². The molecule has 0 aliphatic carbocycles. The number of piperidine rings is 1. The Morgan fingerprint density at radius 3 is 2.37 bits per heavy atom. The van der Waals surface area contributed by atoms with E-state index >= 15 is 0 Å². The molecule has 0 atom stereocenters. The van der Waals surface area contributed by atoms with Crippen molar-refractivity contribution in [3.63, 3.8) is 0 Å². The average molecular weight is 414 g/mol. The van der Waals surface area contributed by atoms with Crippen LogP contribution in [0.4, 0.5) is 10.5 Å². The number of ether oxygens (including phenoxy) is 2. The van der Waals surface area contributed by atoms with Gasteiger partial charge in [0.2, 0.25) is 0 Å². The lowest BCUT2D eigenvalue weighted by Gasteiger charge is -2.34. The van der Waals surface area contributed by atoms with E-state index in [1.807, 2.05) is 74.9 Å². The molecule has 7 heteroatoms. The van der Waals surface area contributed by atoms with Gasteiger partial charge in [-0.2, -0.15) is 0 Å². The molecular formula is C23H31N3O4. The first-order chi connectivity index (χ1) is 14.3. The maximum atomic E-state index is 12.8. The van der Waals surface area contributed by atoms with Gasteiger partial charge in [0.1, 0.15) is 17.0 Å². The van der Waals surface area contributed by atoms with E-state index in [-0.39, 0.29) is 18.0 Å². The summed E-state index contributed by atoms with van der Waals surface area (Å²) in [4.78, 5) is 26.8. The molecule has 1 aliphatic heterocycles. The molecule has 2 amide bonds. The number of benzene rings is 1. The summed E-state index contributed by atoms with van der Waals surface area (Å²) in [6.07, 6.45) is 3.21. The number of amides is 2. The lowest BCUT2D eigenvalue weighted by molar-refractivity contribution is 0.0187. The molecule has 0 radical (unpaired) electrons. The van der Waals surface area contributed by atoms with Crippen LogP contribution in [0.2, 0.25) is 0 Å². The largest absolute Gasteiger partial charge is 0.494 e. The first-order valence-electron chi connectivity index (χ1n) is 10.5. The van der Waals surface area contributed by atoms with Crippen molar-refractivity contribution in [2.75, 3.05) is 25.0 Å². The predicted octanol–water partition coefficient (Wildman–Crippen LogP) is 4.71. The van der Waals surface area contributed by atoms with Crippen molar-refractivity contribution in [1.82, 2.24) is 9.47 Å². The summed E-state index contributed by atoms with van der Waals surface area (Å²) >= 11 is 0. The van der Waals surface area contributed by atoms with Crippen molar-refractivity contribution in [3.8, 4) is 5.75 Å². The minimum absolute atomic E-state index is 0.154. The molecule has 0 saturated carbocycles. The zero-order valence-electron chi connectivity index (χ0n) is 18.2. The SMILES string of the molecule is CCOc1ccc(NC(=O)c2cccn2C2CCN(C(=O)OC(C)(C)C)CC2)cc1. The fourth-order valence-electron chi connectivity index (χ4n) is 3.55. The molecular weight excluding hydrogens is 382 g/mol. The molecule has 1 aromatic carbocycles. The third-order valence-corrected chi connectivity index (χ3v) is 4.94. The van der Waals surface area contributed by atoms with Gasteiger partial charge in [0.05, 0.1) is 6.61 Å². The molecule has 2 aromatic rings. The molecule has 162 valence electrons. The van der Waals surface area contributed by atoms with E-state index in [1.54, 1.807) is 4.90 Å².